The molecule has 0 aliphatic carbocycles. The fraction of sp³-hybridized carbons (Fsp3) is 0.214. The third-order valence-corrected chi connectivity index (χ3v) is 5.99. The van der Waals surface area contributed by atoms with Crippen molar-refractivity contribution in [1.29, 1.82) is 0 Å². The maximum Gasteiger partial charge on any atom is 0.173 e. The highest BCUT2D eigenvalue weighted by Gasteiger charge is 2.39. The second-order valence-electron chi connectivity index (χ2n) is 7.79. The SMILES string of the molecule is CCC(C=Cc1ncn(C(c2ccccc2)(c2ccccc2)c2ccccc2)n1)CC. The molecular formula is C28H29N3. The molecule has 4 aromatic rings. The van der Waals surface area contributed by atoms with Crippen LogP contribution in [0, 0.1) is 5.92 Å². The molecule has 0 N–H and O–H groups in total. The molecule has 0 atom stereocenters. The van der Waals surface area contributed by atoms with E-state index in [1.54, 1.807) is 0 Å². The number of nitrogens with zero attached hydrogens (tertiary/aromatic N) is 3. The quantitative estimate of drug-likeness (QED) is 0.309. The fourth-order valence-corrected chi connectivity index (χ4v) is 4.23. The first kappa shape index (κ1) is 20.8. The first-order chi connectivity index (χ1) is 15.3. The van der Waals surface area contributed by atoms with Crippen LogP contribution in [0.15, 0.2) is 103 Å². The zero-order chi connectivity index (χ0) is 21.5. The Morgan fingerprint density at radius 3 is 1.61 bits per heavy atom. The van der Waals surface area contributed by atoms with Crippen LogP contribution in [0.25, 0.3) is 6.08 Å². The van der Waals surface area contributed by atoms with Crippen molar-refractivity contribution in [2.24, 2.45) is 5.92 Å². The Bertz CT molecular complexity index is 998. The minimum absolute atomic E-state index is 0.550. The Hall–Kier alpha value is -3.46. The van der Waals surface area contributed by atoms with Gasteiger partial charge in [0.2, 0.25) is 0 Å². The summed E-state index contributed by atoms with van der Waals surface area (Å²) in [6, 6.07) is 31.7. The van der Waals surface area contributed by atoms with E-state index in [1.807, 2.05) is 11.0 Å². The second-order valence-corrected chi connectivity index (χ2v) is 7.79. The summed E-state index contributed by atoms with van der Waals surface area (Å²) in [4.78, 5) is 4.66. The molecular weight excluding hydrogens is 378 g/mol. The van der Waals surface area contributed by atoms with Crippen molar-refractivity contribution in [1.82, 2.24) is 14.8 Å². The van der Waals surface area contributed by atoms with Gasteiger partial charge in [-0.15, -0.1) is 0 Å². The van der Waals surface area contributed by atoms with E-state index in [1.165, 1.54) is 0 Å². The van der Waals surface area contributed by atoms with Crippen LogP contribution in [-0.2, 0) is 5.54 Å². The Labute approximate surface area is 185 Å². The van der Waals surface area contributed by atoms with Crippen LogP contribution in [0.1, 0.15) is 49.2 Å². The molecule has 0 spiro atoms. The predicted molar refractivity (Wildman–Crippen MR) is 128 cm³/mol. The zero-order valence-electron chi connectivity index (χ0n) is 18.2. The van der Waals surface area contributed by atoms with Crippen LogP contribution < -0.4 is 0 Å². The summed E-state index contributed by atoms with van der Waals surface area (Å²) >= 11 is 0. The lowest BCUT2D eigenvalue weighted by Crippen LogP contribution is -2.38. The molecule has 0 bridgehead atoms. The molecule has 3 nitrogen and oxygen atoms in total. The predicted octanol–water partition coefficient (Wildman–Crippen LogP) is 6.57. The van der Waals surface area contributed by atoms with Crippen LogP contribution in [0.5, 0.6) is 0 Å². The van der Waals surface area contributed by atoms with Gasteiger partial charge in [-0.25, -0.2) is 9.67 Å². The van der Waals surface area contributed by atoms with Gasteiger partial charge in [0.15, 0.2) is 5.82 Å². The van der Waals surface area contributed by atoms with E-state index >= 15 is 0 Å². The average molecular weight is 408 g/mol. The van der Waals surface area contributed by atoms with Crippen molar-refractivity contribution in [3.63, 3.8) is 0 Å². The summed E-state index contributed by atoms with van der Waals surface area (Å²) in [5, 5.41) is 4.97. The van der Waals surface area contributed by atoms with Gasteiger partial charge in [-0.1, -0.05) is 111 Å². The molecule has 0 amide bonds. The molecule has 0 aliphatic heterocycles. The third kappa shape index (κ3) is 4.09. The van der Waals surface area contributed by atoms with Gasteiger partial charge >= 0.3 is 0 Å². The highest BCUT2D eigenvalue weighted by atomic mass is 15.4. The minimum Gasteiger partial charge on any atom is -0.233 e. The van der Waals surface area contributed by atoms with Crippen LogP contribution in [-0.4, -0.2) is 14.8 Å². The third-order valence-electron chi connectivity index (χ3n) is 5.99. The summed E-state index contributed by atoms with van der Waals surface area (Å²) in [5.41, 5.74) is 2.83. The maximum absolute atomic E-state index is 4.97. The van der Waals surface area contributed by atoms with Crippen molar-refractivity contribution in [2.75, 3.05) is 0 Å². The molecule has 0 radical (unpaired) electrons. The number of hydrogen-bond donors (Lipinski definition) is 0. The molecule has 4 rings (SSSR count). The number of aromatic nitrogens is 3. The Morgan fingerprint density at radius 1 is 0.742 bits per heavy atom. The van der Waals surface area contributed by atoms with Crippen molar-refractivity contribution >= 4 is 6.08 Å². The van der Waals surface area contributed by atoms with Gasteiger partial charge in [-0.2, -0.15) is 5.10 Å². The van der Waals surface area contributed by atoms with E-state index in [0.717, 1.165) is 35.4 Å². The molecule has 1 heterocycles. The summed E-state index contributed by atoms with van der Waals surface area (Å²) in [6.45, 7) is 4.44. The summed E-state index contributed by atoms with van der Waals surface area (Å²) < 4.78 is 2.01. The zero-order valence-corrected chi connectivity index (χ0v) is 18.2. The van der Waals surface area contributed by atoms with Crippen molar-refractivity contribution in [3.05, 3.63) is 126 Å². The monoisotopic (exact) mass is 407 g/mol. The lowest BCUT2D eigenvalue weighted by molar-refractivity contribution is 0.458. The second kappa shape index (κ2) is 9.57. The van der Waals surface area contributed by atoms with E-state index < -0.39 is 5.54 Å². The number of rotatable bonds is 8. The van der Waals surface area contributed by atoms with Crippen LogP contribution in [0.2, 0.25) is 0 Å². The molecule has 156 valence electrons. The summed E-state index contributed by atoms with van der Waals surface area (Å²) in [5.74, 6) is 1.29. The van der Waals surface area contributed by atoms with Crippen LogP contribution in [0.3, 0.4) is 0 Å². The molecule has 0 saturated carbocycles. The lowest BCUT2D eigenvalue weighted by Gasteiger charge is -2.35. The van der Waals surface area contributed by atoms with Gasteiger partial charge in [-0.05, 0) is 41.5 Å². The van der Waals surface area contributed by atoms with Crippen LogP contribution in [0.4, 0.5) is 0 Å². The van der Waals surface area contributed by atoms with Crippen molar-refractivity contribution in [3.8, 4) is 0 Å². The largest absolute Gasteiger partial charge is 0.233 e. The van der Waals surface area contributed by atoms with Crippen molar-refractivity contribution in [2.45, 2.75) is 32.2 Å². The van der Waals surface area contributed by atoms with Gasteiger partial charge in [-0.3, -0.25) is 0 Å². The van der Waals surface area contributed by atoms with E-state index in [4.69, 9.17) is 5.10 Å². The molecule has 3 aromatic carbocycles. The number of allylic oxidation sites excluding steroid dienone is 1. The van der Waals surface area contributed by atoms with Gasteiger partial charge in [0, 0.05) is 0 Å². The van der Waals surface area contributed by atoms with E-state index in [0.29, 0.717) is 5.92 Å². The van der Waals surface area contributed by atoms with Crippen LogP contribution >= 0.6 is 0 Å². The molecule has 0 fully saturated rings. The van der Waals surface area contributed by atoms with E-state index in [2.05, 4.69) is 122 Å². The molecule has 0 aliphatic rings. The molecule has 0 saturated heterocycles. The van der Waals surface area contributed by atoms with E-state index in [-0.39, 0.29) is 0 Å². The average Bonchev–Trinajstić information content (AvgIpc) is 3.32. The first-order valence-corrected chi connectivity index (χ1v) is 11.1. The van der Waals surface area contributed by atoms with E-state index in [9.17, 15) is 0 Å². The standard InChI is InChI=1S/C28H29N3/c1-3-23(4-2)20-21-27-29-22-31(30-27)28(24-14-8-5-9-15-24,25-16-10-6-11-17-25)26-18-12-7-13-19-26/h5-23H,3-4H2,1-2H3. The summed E-state index contributed by atoms with van der Waals surface area (Å²) in [6.07, 6.45) is 8.39. The Balaban J connectivity index is 1.94. The number of benzene rings is 3. The van der Waals surface area contributed by atoms with Gasteiger partial charge < -0.3 is 0 Å². The Kier molecular flexibility index (Phi) is 6.42. The highest BCUT2D eigenvalue weighted by molar-refractivity contribution is 5.50. The maximum atomic E-state index is 4.97. The van der Waals surface area contributed by atoms with Gasteiger partial charge in [0.25, 0.3) is 0 Å². The fourth-order valence-electron chi connectivity index (χ4n) is 4.23. The lowest BCUT2D eigenvalue weighted by atomic mass is 9.77. The molecule has 1 aromatic heterocycles. The minimum atomic E-state index is -0.613. The molecule has 31 heavy (non-hydrogen) atoms. The molecule has 3 heteroatoms. The normalized spacial score (nSPS) is 12.0. The topological polar surface area (TPSA) is 30.7 Å². The smallest absolute Gasteiger partial charge is 0.173 e. The number of hydrogen-bond acceptors (Lipinski definition) is 2. The molecule has 0 unspecified atom stereocenters. The highest BCUT2D eigenvalue weighted by Crippen LogP contribution is 2.40. The van der Waals surface area contributed by atoms with Gasteiger partial charge in [0.05, 0.1) is 0 Å². The van der Waals surface area contributed by atoms with Gasteiger partial charge in [0.1, 0.15) is 11.9 Å². The van der Waals surface area contributed by atoms with Crippen molar-refractivity contribution < 1.29 is 0 Å². The first-order valence-electron chi connectivity index (χ1n) is 11.1. The summed E-state index contributed by atoms with van der Waals surface area (Å²) in [7, 11) is 0. The Morgan fingerprint density at radius 2 is 1.19 bits per heavy atom.